The summed E-state index contributed by atoms with van der Waals surface area (Å²) in [7, 11) is 1.56. The summed E-state index contributed by atoms with van der Waals surface area (Å²) in [6, 6.07) is 11.1. The first-order valence-corrected chi connectivity index (χ1v) is 6.66. The predicted molar refractivity (Wildman–Crippen MR) is 83.9 cm³/mol. The molecule has 106 valence electrons. The number of nitrogens with two attached hydrogens (primary N) is 1. The zero-order valence-corrected chi connectivity index (χ0v) is 11.9. The monoisotopic (exact) mass is 280 g/mol. The highest BCUT2D eigenvalue weighted by Crippen LogP contribution is 2.26. The van der Waals surface area contributed by atoms with E-state index in [2.05, 4.69) is 4.98 Å². The molecule has 0 aliphatic rings. The molecule has 0 fully saturated rings. The van der Waals surface area contributed by atoms with Gasteiger partial charge in [0, 0.05) is 33.9 Å². The van der Waals surface area contributed by atoms with Crippen molar-refractivity contribution in [3.05, 3.63) is 59.3 Å². The van der Waals surface area contributed by atoms with Gasteiger partial charge in [0.2, 0.25) is 0 Å². The van der Waals surface area contributed by atoms with Crippen LogP contribution in [0.25, 0.3) is 10.9 Å². The number of ether oxygens (including phenoxy) is 1. The minimum absolute atomic E-state index is 0.108. The fourth-order valence-electron chi connectivity index (χ4n) is 2.43. The molecule has 3 aromatic rings. The van der Waals surface area contributed by atoms with Crippen molar-refractivity contribution < 1.29 is 9.53 Å². The van der Waals surface area contributed by atoms with Gasteiger partial charge in [-0.2, -0.15) is 0 Å². The Balaban J connectivity index is 2.14. The summed E-state index contributed by atoms with van der Waals surface area (Å²) in [6.07, 6.45) is 1.73. The molecule has 1 aromatic heterocycles. The minimum atomic E-state index is -0.108. The molecule has 0 aliphatic carbocycles. The molecule has 0 saturated carbocycles. The molecule has 0 unspecified atom stereocenters. The van der Waals surface area contributed by atoms with Crippen LogP contribution in [0.5, 0.6) is 5.75 Å². The largest absolute Gasteiger partial charge is 0.497 e. The quantitative estimate of drug-likeness (QED) is 0.571. The van der Waals surface area contributed by atoms with Crippen molar-refractivity contribution in [3.63, 3.8) is 0 Å². The number of hydrogen-bond acceptors (Lipinski definition) is 3. The lowest BCUT2D eigenvalue weighted by Gasteiger charge is -2.07. The average Bonchev–Trinajstić information content (AvgIpc) is 2.90. The van der Waals surface area contributed by atoms with Crippen LogP contribution in [0.4, 0.5) is 5.69 Å². The van der Waals surface area contributed by atoms with Crippen LogP contribution in [0.15, 0.2) is 42.6 Å². The van der Waals surface area contributed by atoms with Gasteiger partial charge in [0.15, 0.2) is 5.78 Å². The summed E-state index contributed by atoms with van der Waals surface area (Å²) >= 11 is 0. The number of nitrogen functional groups attached to an aromatic ring is 1. The number of nitrogens with one attached hydrogen (secondary N) is 1. The molecular weight excluding hydrogens is 264 g/mol. The van der Waals surface area contributed by atoms with Gasteiger partial charge in [0.05, 0.1) is 7.11 Å². The van der Waals surface area contributed by atoms with E-state index < -0.39 is 0 Å². The van der Waals surface area contributed by atoms with E-state index in [4.69, 9.17) is 10.5 Å². The second kappa shape index (κ2) is 4.98. The fraction of sp³-hybridized carbons (Fsp3) is 0.118. The number of aryl methyl sites for hydroxylation is 1. The summed E-state index contributed by atoms with van der Waals surface area (Å²) in [4.78, 5) is 15.9. The zero-order chi connectivity index (χ0) is 15.0. The third-order valence-corrected chi connectivity index (χ3v) is 3.59. The van der Waals surface area contributed by atoms with Crippen LogP contribution in [0, 0.1) is 6.92 Å². The first-order valence-electron chi connectivity index (χ1n) is 6.66. The maximum Gasteiger partial charge on any atom is 0.197 e. The average molecular weight is 280 g/mol. The molecule has 0 saturated heterocycles. The number of H-pyrrole nitrogens is 1. The first-order chi connectivity index (χ1) is 10.1. The Morgan fingerprint density at radius 2 is 1.95 bits per heavy atom. The summed E-state index contributed by atoms with van der Waals surface area (Å²) in [6.45, 7) is 2.00. The highest BCUT2D eigenvalue weighted by molar-refractivity contribution is 6.18. The van der Waals surface area contributed by atoms with E-state index in [9.17, 15) is 4.79 Å². The van der Waals surface area contributed by atoms with Gasteiger partial charge in [0.25, 0.3) is 0 Å². The van der Waals surface area contributed by atoms with Crippen LogP contribution in [-0.4, -0.2) is 17.9 Å². The third kappa shape index (κ3) is 2.25. The summed E-state index contributed by atoms with van der Waals surface area (Å²) < 4.78 is 5.17. The number of aromatic nitrogens is 1. The smallest absolute Gasteiger partial charge is 0.197 e. The molecule has 1 heterocycles. The topological polar surface area (TPSA) is 68.1 Å². The molecule has 3 N–H and O–H groups in total. The maximum atomic E-state index is 12.8. The van der Waals surface area contributed by atoms with Gasteiger partial charge in [0.1, 0.15) is 5.75 Å². The van der Waals surface area contributed by atoms with Crippen LogP contribution < -0.4 is 10.5 Å². The van der Waals surface area contributed by atoms with E-state index in [1.54, 1.807) is 31.5 Å². The minimum Gasteiger partial charge on any atom is -0.497 e. The lowest BCUT2D eigenvalue weighted by Crippen LogP contribution is -2.05. The molecule has 4 heteroatoms. The van der Waals surface area contributed by atoms with Crippen molar-refractivity contribution in [3.8, 4) is 5.75 Å². The van der Waals surface area contributed by atoms with Gasteiger partial charge in [-0.05, 0) is 37.3 Å². The molecule has 4 nitrogen and oxygen atoms in total. The molecule has 0 aliphatic heterocycles. The molecule has 2 aromatic carbocycles. The third-order valence-electron chi connectivity index (χ3n) is 3.59. The number of aromatic amines is 1. The highest BCUT2D eigenvalue weighted by atomic mass is 16.5. The number of ketones is 1. The van der Waals surface area contributed by atoms with Gasteiger partial charge in [-0.3, -0.25) is 4.79 Å². The van der Waals surface area contributed by atoms with Crippen molar-refractivity contribution in [2.24, 2.45) is 0 Å². The number of anilines is 1. The molecular formula is C17H16N2O2. The molecule has 21 heavy (non-hydrogen) atoms. The Kier molecular flexibility index (Phi) is 3.14. The van der Waals surface area contributed by atoms with E-state index in [1.165, 1.54) is 0 Å². The van der Waals surface area contributed by atoms with Crippen LogP contribution in [0.3, 0.4) is 0 Å². The summed E-state index contributed by atoms with van der Waals surface area (Å²) in [5.74, 6) is 0.506. The standard InChI is InChI=1S/C17H16N2O2/c1-10-3-6-16-12(7-10)14(9-19-16)17(20)13-8-11(21-2)4-5-15(13)18/h3-9,19H,18H2,1-2H3. The molecule has 0 amide bonds. The number of hydrogen-bond donors (Lipinski definition) is 2. The Labute approximate surface area is 122 Å². The normalized spacial score (nSPS) is 10.8. The van der Waals surface area contributed by atoms with Crippen LogP contribution in [0.1, 0.15) is 21.5 Å². The molecule has 3 rings (SSSR count). The highest BCUT2D eigenvalue weighted by Gasteiger charge is 2.17. The summed E-state index contributed by atoms with van der Waals surface area (Å²) in [5, 5.41) is 0.905. The number of carbonyl (C=O) groups excluding carboxylic acids is 1. The van der Waals surface area contributed by atoms with Crippen molar-refractivity contribution in [2.45, 2.75) is 6.92 Å². The predicted octanol–water partition coefficient (Wildman–Crippen LogP) is 3.30. The Morgan fingerprint density at radius 1 is 1.14 bits per heavy atom. The summed E-state index contributed by atoms with van der Waals surface area (Å²) in [5.41, 5.74) is 9.50. The van der Waals surface area contributed by atoms with E-state index in [-0.39, 0.29) is 5.78 Å². The van der Waals surface area contributed by atoms with Gasteiger partial charge >= 0.3 is 0 Å². The van der Waals surface area contributed by atoms with Gasteiger partial charge < -0.3 is 15.5 Å². The molecule has 0 spiro atoms. The first kappa shape index (κ1) is 13.2. The van der Waals surface area contributed by atoms with E-state index >= 15 is 0 Å². The van der Waals surface area contributed by atoms with Crippen molar-refractivity contribution >= 4 is 22.4 Å². The fourth-order valence-corrected chi connectivity index (χ4v) is 2.43. The van der Waals surface area contributed by atoms with E-state index in [1.807, 2.05) is 25.1 Å². The zero-order valence-electron chi connectivity index (χ0n) is 11.9. The Bertz CT molecular complexity index is 834. The van der Waals surface area contributed by atoms with E-state index in [0.29, 0.717) is 22.6 Å². The lowest BCUT2D eigenvalue weighted by molar-refractivity contribution is 0.104. The second-order valence-electron chi connectivity index (χ2n) is 5.03. The van der Waals surface area contributed by atoms with Gasteiger partial charge in [-0.15, -0.1) is 0 Å². The van der Waals surface area contributed by atoms with Crippen LogP contribution >= 0.6 is 0 Å². The van der Waals surface area contributed by atoms with Crippen molar-refractivity contribution in [1.29, 1.82) is 0 Å². The number of carbonyl (C=O) groups is 1. The maximum absolute atomic E-state index is 12.8. The second-order valence-corrected chi connectivity index (χ2v) is 5.03. The Hall–Kier alpha value is -2.75. The number of benzene rings is 2. The number of fused-ring (bicyclic) bond motifs is 1. The molecule has 0 atom stereocenters. The van der Waals surface area contributed by atoms with Crippen LogP contribution in [0.2, 0.25) is 0 Å². The SMILES string of the molecule is COc1ccc(N)c(C(=O)c2c[nH]c3ccc(C)cc23)c1. The molecule has 0 bridgehead atoms. The molecule has 0 radical (unpaired) electrons. The Morgan fingerprint density at radius 3 is 2.71 bits per heavy atom. The van der Waals surface area contributed by atoms with Crippen LogP contribution in [-0.2, 0) is 0 Å². The van der Waals surface area contributed by atoms with Gasteiger partial charge in [-0.25, -0.2) is 0 Å². The van der Waals surface area contributed by atoms with E-state index in [0.717, 1.165) is 16.5 Å². The van der Waals surface area contributed by atoms with Crippen molar-refractivity contribution in [2.75, 3.05) is 12.8 Å². The lowest BCUT2D eigenvalue weighted by atomic mass is 10.00. The van der Waals surface area contributed by atoms with Gasteiger partial charge in [-0.1, -0.05) is 11.6 Å². The number of methoxy groups -OCH3 is 1. The van der Waals surface area contributed by atoms with Crippen molar-refractivity contribution in [1.82, 2.24) is 4.98 Å². The number of rotatable bonds is 3.